The van der Waals surface area contributed by atoms with Crippen LogP contribution >= 0.6 is 11.6 Å². The van der Waals surface area contributed by atoms with Gasteiger partial charge in [0.05, 0.1) is 43.9 Å². The van der Waals surface area contributed by atoms with Crippen LogP contribution in [0.1, 0.15) is 45.2 Å². The SMILES string of the molecule is COC(=O)C1C2CC1CN(C1CC(C(=O)Nc3cc(Nc4cc(-c5cc(Cl)ccc5F)nnc4COCCC(C)(C)[SH+]C)ncn3)C1)C2. The third-order valence-corrected chi connectivity index (χ3v) is 11.7. The van der Waals surface area contributed by atoms with Gasteiger partial charge in [-0.05, 0) is 81.0 Å². The van der Waals surface area contributed by atoms with Gasteiger partial charge in [-0.1, -0.05) is 11.6 Å². The van der Waals surface area contributed by atoms with Gasteiger partial charge >= 0.3 is 5.97 Å². The highest BCUT2D eigenvalue weighted by Crippen LogP contribution is 2.48. The number of aromatic nitrogens is 4. The Hall–Kier alpha value is -3.39. The van der Waals surface area contributed by atoms with Gasteiger partial charge in [-0.25, -0.2) is 14.4 Å². The van der Waals surface area contributed by atoms with E-state index in [9.17, 15) is 14.0 Å². The van der Waals surface area contributed by atoms with Crippen molar-refractivity contribution >= 4 is 52.6 Å². The van der Waals surface area contributed by atoms with Crippen LogP contribution in [0.2, 0.25) is 5.02 Å². The Balaban J connectivity index is 1.09. The third-order valence-electron chi connectivity index (χ3n) is 9.99. The molecule has 1 amide bonds. The zero-order chi connectivity index (χ0) is 34.0. The summed E-state index contributed by atoms with van der Waals surface area (Å²) in [5, 5.41) is 15.2. The maximum absolute atomic E-state index is 14.7. The van der Waals surface area contributed by atoms with E-state index in [1.54, 1.807) is 12.1 Å². The summed E-state index contributed by atoms with van der Waals surface area (Å²) in [4.78, 5) is 36.3. The molecule has 2 bridgehead atoms. The number of thiol groups is 1. The Morgan fingerprint density at radius 2 is 1.83 bits per heavy atom. The molecule has 48 heavy (non-hydrogen) atoms. The molecule has 11 nitrogen and oxygen atoms in total. The zero-order valence-electron chi connectivity index (χ0n) is 27.6. The highest BCUT2D eigenvalue weighted by Gasteiger charge is 2.53. The Morgan fingerprint density at radius 1 is 1.08 bits per heavy atom. The van der Waals surface area contributed by atoms with Crippen LogP contribution in [-0.2, 0) is 37.4 Å². The van der Waals surface area contributed by atoms with Crippen molar-refractivity contribution in [2.75, 3.05) is 43.7 Å². The van der Waals surface area contributed by atoms with Gasteiger partial charge in [0.25, 0.3) is 0 Å². The molecule has 2 saturated carbocycles. The number of carbonyl (C=O) groups excluding carboxylic acids is 2. The number of carbonyl (C=O) groups is 2. The number of rotatable bonds is 13. The van der Waals surface area contributed by atoms with Crippen molar-refractivity contribution in [2.45, 2.75) is 56.9 Å². The molecule has 2 aliphatic carbocycles. The quantitative estimate of drug-likeness (QED) is 0.108. The number of nitrogens with one attached hydrogen (secondary N) is 2. The summed E-state index contributed by atoms with van der Waals surface area (Å²) in [6.07, 6.45) is 7.00. The Labute approximate surface area is 289 Å². The number of halogens is 2. The van der Waals surface area contributed by atoms with Gasteiger partial charge in [0.2, 0.25) is 5.91 Å². The fourth-order valence-electron chi connectivity index (χ4n) is 6.76. The monoisotopic (exact) mass is 698 g/mol. The number of methoxy groups -OCH3 is 1. The Kier molecular flexibility index (Phi) is 10.5. The second kappa shape index (κ2) is 14.6. The predicted octanol–water partition coefficient (Wildman–Crippen LogP) is 5.06. The lowest BCUT2D eigenvalue weighted by molar-refractivity contribution is -0.166. The van der Waals surface area contributed by atoms with Crippen molar-refractivity contribution in [3.63, 3.8) is 0 Å². The molecule has 2 unspecified atom stereocenters. The normalized spacial score (nSPS) is 23.5. The number of amides is 1. The molecule has 3 aromatic rings. The van der Waals surface area contributed by atoms with Gasteiger partial charge in [0.1, 0.15) is 34.2 Å². The van der Waals surface area contributed by atoms with Crippen LogP contribution in [0.5, 0.6) is 0 Å². The molecule has 2 atom stereocenters. The lowest BCUT2D eigenvalue weighted by Crippen LogP contribution is -2.62. The molecule has 4 aliphatic rings. The summed E-state index contributed by atoms with van der Waals surface area (Å²) < 4.78 is 25.8. The molecule has 4 heterocycles. The molecule has 4 fully saturated rings. The maximum Gasteiger partial charge on any atom is 0.309 e. The van der Waals surface area contributed by atoms with Crippen LogP contribution in [0.3, 0.4) is 0 Å². The number of piperidine rings is 2. The summed E-state index contributed by atoms with van der Waals surface area (Å²) in [6, 6.07) is 7.94. The van der Waals surface area contributed by atoms with Gasteiger partial charge in [-0.2, -0.15) is 5.10 Å². The molecule has 2 aliphatic heterocycles. The Morgan fingerprint density at radius 3 is 2.56 bits per heavy atom. The van der Waals surface area contributed by atoms with E-state index in [4.69, 9.17) is 21.1 Å². The minimum absolute atomic E-state index is 0.0278. The fraction of sp³-hybridized carbons (Fsp3) is 0.529. The molecular weight excluding hydrogens is 657 g/mol. The first-order valence-electron chi connectivity index (χ1n) is 16.3. The molecule has 256 valence electrons. The summed E-state index contributed by atoms with van der Waals surface area (Å²) in [5.41, 5.74) is 1.56. The summed E-state index contributed by atoms with van der Waals surface area (Å²) >= 11 is 7.43. The van der Waals surface area contributed by atoms with E-state index < -0.39 is 5.82 Å². The number of fused-ring (bicyclic) bond motifs is 2. The van der Waals surface area contributed by atoms with E-state index >= 15 is 0 Å². The second-order valence-electron chi connectivity index (χ2n) is 13.5. The third kappa shape index (κ3) is 7.74. The molecule has 14 heteroatoms. The lowest BCUT2D eigenvalue weighted by atomic mass is 9.60. The fourth-order valence-corrected chi connectivity index (χ4v) is 7.25. The molecule has 2 saturated heterocycles. The smallest absolute Gasteiger partial charge is 0.309 e. The number of ether oxygens (including phenoxy) is 2. The van der Waals surface area contributed by atoms with Crippen LogP contribution in [-0.4, -0.2) is 80.8 Å². The average molecular weight is 699 g/mol. The van der Waals surface area contributed by atoms with Gasteiger partial charge < -0.3 is 20.1 Å². The highest BCUT2D eigenvalue weighted by molar-refractivity contribution is 7.79. The molecule has 7 rings (SSSR count). The largest absolute Gasteiger partial charge is 0.469 e. The minimum atomic E-state index is -0.475. The maximum atomic E-state index is 14.7. The van der Waals surface area contributed by atoms with Crippen LogP contribution in [0, 0.1) is 29.5 Å². The van der Waals surface area contributed by atoms with Crippen LogP contribution < -0.4 is 10.6 Å². The standard InChI is InChI=1S/C34H41ClFN7O4S/c1-34(2,48-4)7-8-47-17-28-27(13-26(41-42-28)24-12-22(35)5-6-25(24)36)39-29-14-30(38-18-37-29)40-32(44)19-10-23(11-19)43-15-20-9-21(16-43)31(20)33(45)46-3/h5-6,12-14,18-21,23,31H,7-11,15-17H2,1-4H3,(H2,37,38,39,40,41,44)/p+1. The van der Waals surface area contributed by atoms with Gasteiger partial charge in [-0.3, -0.25) is 14.5 Å². The number of hydrogen-bond donors (Lipinski definition) is 2. The minimum Gasteiger partial charge on any atom is -0.469 e. The van der Waals surface area contributed by atoms with E-state index in [-0.39, 0.29) is 40.6 Å². The number of nitrogens with zero attached hydrogens (tertiary/aromatic N) is 5. The summed E-state index contributed by atoms with van der Waals surface area (Å²) in [5.74, 6) is 0.749. The molecular formula is C34H42ClFN7O4S+. The van der Waals surface area contributed by atoms with Crippen LogP contribution in [0.25, 0.3) is 11.3 Å². The van der Waals surface area contributed by atoms with Gasteiger partial charge in [0.15, 0.2) is 0 Å². The number of hydrogen-bond acceptors (Lipinski definition) is 10. The number of anilines is 3. The van der Waals surface area contributed by atoms with Crippen molar-refractivity contribution in [1.82, 2.24) is 25.1 Å². The first kappa shape index (κ1) is 34.5. The summed E-state index contributed by atoms with van der Waals surface area (Å²) in [6.45, 7) is 6.87. The second-order valence-corrected chi connectivity index (χ2v) is 15.6. The first-order valence-corrected chi connectivity index (χ1v) is 18.0. The van der Waals surface area contributed by atoms with E-state index in [1.165, 1.54) is 43.4 Å². The molecule has 0 spiro atoms. The number of benzene rings is 1. The highest BCUT2D eigenvalue weighted by atomic mass is 35.5. The van der Waals surface area contributed by atoms with Gasteiger partial charge in [-0.15, -0.1) is 5.10 Å². The molecule has 1 aromatic carbocycles. The van der Waals surface area contributed by atoms with Crippen LogP contribution in [0.4, 0.5) is 21.7 Å². The van der Waals surface area contributed by atoms with E-state index in [0.29, 0.717) is 58.2 Å². The van der Waals surface area contributed by atoms with E-state index in [1.807, 2.05) is 0 Å². The molecule has 2 aromatic heterocycles. The van der Waals surface area contributed by atoms with Crippen molar-refractivity contribution in [2.24, 2.45) is 23.7 Å². The average Bonchev–Trinajstić information content (AvgIpc) is 3.04. The van der Waals surface area contributed by atoms with E-state index in [0.717, 1.165) is 38.8 Å². The van der Waals surface area contributed by atoms with Crippen molar-refractivity contribution in [3.05, 3.63) is 53.2 Å². The van der Waals surface area contributed by atoms with E-state index in [2.05, 4.69) is 55.8 Å². The van der Waals surface area contributed by atoms with Crippen molar-refractivity contribution < 1.29 is 23.5 Å². The van der Waals surface area contributed by atoms with Crippen molar-refractivity contribution in [3.8, 4) is 11.3 Å². The topological polar surface area (TPSA) is 131 Å². The van der Waals surface area contributed by atoms with Crippen molar-refractivity contribution in [1.29, 1.82) is 0 Å². The number of esters is 1. The van der Waals surface area contributed by atoms with Crippen LogP contribution in [0.15, 0.2) is 36.7 Å². The molecule has 0 radical (unpaired) electrons. The first-order chi connectivity index (χ1) is 23.0. The Bertz CT molecular complexity index is 1650. The lowest BCUT2D eigenvalue weighted by Gasteiger charge is -2.56. The summed E-state index contributed by atoms with van der Waals surface area (Å²) in [7, 11) is 1.46. The zero-order valence-corrected chi connectivity index (χ0v) is 29.2. The van der Waals surface area contributed by atoms with Gasteiger partial charge in [0, 0.05) is 48.1 Å². The molecule has 2 N–H and O–H groups in total. The predicted molar refractivity (Wildman–Crippen MR) is 185 cm³/mol.